The predicted molar refractivity (Wildman–Crippen MR) is 63.7 cm³/mol. The van der Waals surface area contributed by atoms with Crippen LogP contribution < -0.4 is 5.32 Å². The first-order valence-electron chi connectivity index (χ1n) is 5.91. The van der Waals surface area contributed by atoms with Crippen molar-refractivity contribution in [2.45, 2.75) is 30.9 Å². The molecule has 1 fully saturated rings. The summed E-state index contributed by atoms with van der Waals surface area (Å²) in [5.74, 6) is -2.13. The third-order valence-corrected chi connectivity index (χ3v) is 3.15. The average Bonchev–Trinajstić information content (AvgIpc) is 3.09. The van der Waals surface area contributed by atoms with Crippen LogP contribution in [0.2, 0.25) is 0 Å². The minimum absolute atomic E-state index is 0.287. The molecule has 0 aliphatic heterocycles. The van der Waals surface area contributed by atoms with Crippen LogP contribution in [-0.4, -0.2) is 27.6 Å². The Balaban J connectivity index is 1.94. The molecule has 1 amide bonds. The Bertz CT molecular complexity index is 513. The highest BCUT2D eigenvalue weighted by molar-refractivity contribution is 5.89. The van der Waals surface area contributed by atoms with Gasteiger partial charge in [0.1, 0.15) is 11.4 Å². The number of carbonyl (C=O) groups excluding carboxylic acids is 1. The standard InChI is InChI=1S/C13H14FNO4/c14-9-3-1-2-8(6-9)10(16)7-11(17)15-13(4-5-13)12(18)19/h1-3,6,10,16H,4-5,7H2,(H,15,17)(H,18,19). The summed E-state index contributed by atoms with van der Waals surface area (Å²) in [6.07, 6.45) is -0.660. The highest BCUT2D eigenvalue weighted by Crippen LogP contribution is 2.35. The number of aliphatic carboxylic acids is 1. The van der Waals surface area contributed by atoms with E-state index in [9.17, 15) is 19.1 Å². The van der Waals surface area contributed by atoms with Crippen LogP contribution in [0.5, 0.6) is 0 Å². The SMILES string of the molecule is O=C(CC(O)c1cccc(F)c1)NC1(C(=O)O)CC1. The van der Waals surface area contributed by atoms with Gasteiger partial charge in [0.25, 0.3) is 0 Å². The number of hydrogen-bond acceptors (Lipinski definition) is 3. The number of nitrogens with one attached hydrogen (secondary N) is 1. The summed E-state index contributed by atoms with van der Waals surface area (Å²) in [4.78, 5) is 22.5. The maximum absolute atomic E-state index is 13.0. The summed E-state index contributed by atoms with van der Waals surface area (Å²) in [6.45, 7) is 0. The molecule has 1 aromatic rings. The van der Waals surface area contributed by atoms with E-state index in [2.05, 4.69) is 5.32 Å². The van der Waals surface area contributed by atoms with Crippen LogP contribution in [0.25, 0.3) is 0 Å². The van der Waals surface area contributed by atoms with Gasteiger partial charge in [0.05, 0.1) is 12.5 Å². The fourth-order valence-corrected chi connectivity index (χ4v) is 1.84. The number of amides is 1. The van der Waals surface area contributed by atoms with E-state index in [4.69, 9.17) is 5.11 Å². The van der Waals surface area contributed by atoms with Gasteiger partial charge in [0.15, 0.2) is 0 Å². The zero-order valence-electron chi connectivity index (χ0n) is 10.1. The van der Waals surface area contributed by atoms with Gasteiger partial charge in [-0.15, -0.1) is 0 Å². The minimum Gasteiger partial charge on any atom is -0.480 e. The Hall–Kier alpha value is -1.95. The lowest BCUT2D eigenvalue weighted by molar-refractivity contribution is -0.143. The van der Waals surface area contributed by atoms with E-state index in [1.807, 2.05) is 0 Å². The predicted octanol–water partition coefficient (Wildman–Crippen LogP) is 0.983. The molecular weight excluding hydrogens is 253 g/mol. The van der Waals surface area contributed by atoms with Crippen molar-refractivity contribution in [3.63, 3.8) is 0 Å². The third kappa shape index (κ3) is 3.08. The van der Waals surface area contributed by atoms with E-state index in [-0.39, 0.29) is 12.0 Å². The molecule has 1 atom stereocenters. The smallest absolute Gasteiger partial charge is 0.329 e. The number of carboxylic acid groups (broad SMARTS) is 1. The van der Waals surface area contributed by atoms with Gasteiger partial charge >= 0.3 is 5.97 Å². The second-order valence-corrected chi connectivity index (χ2v) is 4.71. The van der Waals surface area contributed by atoms with Crippen molar-refractivity contribution in [3.05, 3.63) is 35.6 Å². The molecular formula is C13H14FNO4. The zero-order valence-corrected chi connectivity index (χ0v) is 10.1. The normalized spacial score (nSPS) is 17.6. The molecule has 1 aliphatic carbocycles. The molecule has 0 heterocycles. The Labute approximate surface area is 109 Å². The van der Waals surface area contributed by atoms with Crippen molar-refractivity contribution in [2.24, 2.45) is 0 Å². The van der Waals surface area contributed by atoms with Gasteiger partial charge in [-0.05, 0) is 30.5 Å². The number of aliphatic hydroxyl groups is 1. The number of halogens is 1. The Kier molecular flexibility index (Phi) is 3.53. The van der Waals surface area contributed by atoms with E-state index >= 15 is 0 Å². The Morgan fingerprint density at radius 1 is 1.42 bits per heavy atom. The zero-order chi connectivity index (χ0) is 14.0. The van der Waals surface area contributed by atoms with Gasteiger partial charge in [-0.25, -0.2) is 9.18 Å². The number of benzene rings is 1. The quantitative estimate of drug-likeness (QED) is 0.742. The lowest BCUT2D eigenvalue weighted by Gasteiger charge is -2.15. The summed E-state index contributed by atoms with van der Waals surface area (Å²) < 4.78 is 13.0. The monoisotopic (exact) mass is 267 g/mol. The molecule has 0 bridgehead atoms. The van der Waals surface area contributed by atoms with Crippen LogP contribution in [0.3, 0.4) is 0 Å². The number of rotatable bonds is 5. The summed E-state index contributed by atoms with van der Waals surface area (Å²) >= 11 is 0. The van der Waals surface area contributed by atoms with Gasteiger partial charge in [0, 0.05) is 0 Å². The Morgan fingerprint density at radius 2 is 2.11 bits per heavy atom. The van der Waals surface area contributed by atoms with E-state index in [1.54, 1.807) is 0 Å². The van der Waals surface area contributed by atoms with Crippen molar-refractivity contribution in [3.8, 4) is 0 Å². The molecule has 0 spiro atoms. The largest absolute Gasteiger partial charge is 0.480 e. The summed E-state index contributed by atoms with van der Waals surface area (Å²) in [7, 11) is 0. The molecule has 102 valence electrons. The lowest BCUT2D eigenvalue weighted by atomic mass is 10.1. The van der Waals surface area contributed by atoms with Gasteiger partial charge in [-0.3, -0.25) is 4.79 Å². The fourth-order valence-electron chi connectivity index (χ4n) is 1.84. The van der Waals surface area contributed by atoms with Crippen LogP contribution in [0.15, 0.2) is 24.3 Å². The Morgan fingerprint density at radius 3 is 2.63 bits per heavy atom. The molecule has 0 aromatic heterocycles. The molecule has 1 saturated carbocycles. The average molecular weight is 267 g/mol. The van der Waals surface area contributed by atoms with Gasteiger partial charge < -0.3 is 15.5 Å². The van der Waals surface area contributed by atoms with Gasteiger partial charge in [-0.1, -0.05) is 12.1 Å². The van der Waals surface area contributed by atoms with E-state index in [0.29, 0.717) is 12.8 Å². The van der Waals surface area contributed by atoms with Crippen LogP contribution in [0.4, 0.5) is 4.39 Å². The first-order valence-corrected chi connectivity index (χ1v) is 5.91. The van der Waals surface area contributed by atoms with Gasteiger partial charge in [-0.2, -0.15) is 0 Å². The maximum Gasteiger partial charge on any atom is 0.329 e. The van der Waals surface area contributed by atoms with E-state index in [0.717, 1.165) is 6.07 Å². The second-order valence-electron chi connectivity index (χ2n) is 4.71. The molecule has 1 unspecified atom stereocenters. The fraction of sp³-hybridized carbons (Fsp3) is 0.385. The molecule has 0 saturated heterocycles. The van der Waals surface area contributed by atoms with Crippen molar-refractivity contribution in [1.29, 1.82) is 0 Å². The molecule has 1 aliphatic rings. The lowest BCUT2D eigenvalue weighted by Crippen LogP contribution is -2.43. The minimum atomic E-state index is -1.17. The summed E-state index contributed by atoms with van der Waals surface area (Å²) in [5.41, 5.74) is -0.881. The molecule has 19 heavy (non-hydrogen) atoms. The van der Waals surface area contributed by atoms with Crippen molar-refractivity contribution < 1.29 is 24.2 Å². The number of carbonyl (C=O) groups is 2. The third-order valence-electron chi connectivity index (χ3n) is 3.15. The van der Waals surface area contributed by atoms with Crippen LogP contribution in [-0.2, 0) is 9.59 Å². The van der Waals surface area contributed by atoms with Crippen LogP contribution in [0.1, 0.15) is 30.9 Å². The summed E-state index contributed by atoms with van der Waals surface area (Å²) in [5, 5.41) is 21.1. The molecule has 0 radical (unpaired) electrons. The maximum atomic E-state index is 13.0. The molecule has 2 rings (SSSR count). The van der Waals surface area contributed by atoms with E-state index in [1.165, 1.54) is 18.2 Å². The van der Waals surface area contributed by atoms with Gasteiger partial charge in [0.2, 0.25) is 5.91 Å². The van der Waals surface area contributed by atoms with Crippen LogP contribution in [0, 0.1) is 5.82 Å². The number of aliphatic hydroxyl groups excluding tert-OH is 1. The molecule has 1 aromatic carbocycles. The highest BCUT2D eigenvalue weighted by atomic mass is 19.1. The molecule has 6 heteroatoms. The van der Waals surface area contributed by atoms with Crippen molar-refractivity contribution >= 4 is 11.9 Å². The molecule has 5 nitrogen and oxygen atoms in total. The topological polar surface area (TPSA) is 86.6 Å². The molecule has 3 N–H and O–H groups in total. The second kappa shape index (κ2) is 4.97. The van der Waals surface area contributed by atoms with Crippen molar-refractivity contribution in [1.82, 2.24) is 5.32 Å². The summed E-state index contributed by atoms with van der Waals surface area (Å²) in [6, 6.07) is 5.32. The van der Waals surface area contributed by atoms with Crippen molar-refractivity contribution in [2.75, 3.05) is 0 Å². The number of carboxylic acids is 1. The van der Waals surface area contributed by atoms with Crippen LogP contribution >= 0.6 is 0 Å². The van der Waals surface area contributed by atoms with E-state index < -0.39 is 29.3 Å². The first kappa shape index (κ1) is 13.5. The highest BCUT2D eigenvalue weighted by Gasteiger charge is 2.51. The number of hydrogen-bond donors (Lipinski definition) is 3. The first-order chi connectivity index (χ1) is 8.93.